The van der Waals surface area contributed by atoms with E-state index in [2.05, 4.69) is 6.92 Å². The average molecular weight is 297 g/mol. The van der Waals surface area contributed by atoms with Crippen LogP contribution in [0.15, 0.2) is 30.3 Å². The number of benzene rings is 1. The lowest BCUT2D eigenvalue weighted by Gasteiger charge is -2.34. The number of halogens is 1. The Morgan fingerprint density at radius 3 is 2.60 bits per heavy atom. The molecule has 1 amide bonds. The molecule has 1 saturated heterocycles. The minimum atomic E-state index is -0.217. The molecule has 2 rings (SSSR count). The zero-order valence-corrected chi connectivity index (χ0v) is 13.1. The molecule has 0 aromatic heterocycles. The van der Waals surface area contributed by atoms with Gasteiger partial charge in [-0.1, -0.05) is 44.2 Å². The fourth-order valence-electron chi connectivity index (χ4n) is 2.80. The SMILES string of the molecule is CC1CCCN(C(=O)C(C)C(N)c2ccccc2)C1.Cl. The van der Waals surface area contributed by atoms with Crippen molar-refractivity contribution in [3.63, 3.8) is 0 Å². The van der Waals surface area contributed by atoms with E-state index >= 15 is 0 Å². The number of carbonyl (C=O) groups is 1. The summed E-state index contributed by atoms with van der Waals surface area (Å²) < 4.78 is 0. The Morgan fingerprint density at radius 2 is 2.00 bits per heavy atom. The normalized spacial score (nSPS) is 21.8. The van der Waals surface area contributed by atoms with Gasteiger partial charge >= 0.3 is 0 Å². The summed E-state index contributed by atoms with van der Waals surface area (Å²) in [5.74, 6) is 0.647. The van der Waals surface area contributed by atoms with Crippen LogP contribution in [0.5, 0.6) is 0 Å². The van der Waals surface area contributed by atoms with Gasteiger partial charge in [0, 0.05) is 19.1 Å². The van der Waals surface area contributed by atoms with Gasteiger partial charge in [0.05, 0.1) is 5.92 Å². The second-order valence-electron chi connectivity index (χ2n) is 5.76. The molecule has 0 radical (unpaired) electrons. The molecule has 1 heterocycles. The van der Waals surface area contributed by atoms with Crippen molar-refractivity contribution in [3.8, 4) is 0 Å². The zero-order chi connectivity index (χ0) is 13.8. The lowest BCUT2D eigenvalue weighted by Crippen LogP contribution is -2.44. The monoisotopic (exact) mass is 296 g/mol. The first kappa shape index (κ1) is 17.0. The number of amides is 1. The first-order chi connectivity index (χ1) is 9.09. The average Bonchev–Trinajstić information content (AvgIpc) is 2.46. The van der Waals surface area contributed by atoms with Crippen LogP contribution in [0.25, 0.3) is 0 Å². The molecular formula is C16H25ClN2O. The van der Waals surface area contributed by atoms with E-state index in [9.17, 15) is 4.79 Å². The Bertz CT molecular complexity index is 424. The molecule has 1 aromatic carbocycles. The molecule has 4 heteroatoms. The smallest absolute Gasteiger partial charge is 0.227 e. The third-order valence-corrected chi connectivity index (χ3v) is 4.08. The standard InChI is InChI=1S/C16H24N2O.ClH/c1-12-7-6-10-18(11-12)16(19)13(2)15(17)14-8-4-3-5-9-14;/h3-5,8-9,12-13,15H,6-7,10-11,17H2,1-2H3;1H. The molecule has 0 aliphatic carbocycles. The molecular weight excluding hydrogens is 272 g/mol. The second kappa shape index (κ2) is 7.65. The Morgan fingerprint density at radius 1 is 1.35 bits per heavy atom. The highest BCUT2D eigenvalue weighted by Crippen LogP contribution is 2.24. The minimum absolute atomic E-state index is 0. The molecule has 112 valence electrons. The van der Waals surface area contributed by atoms with Gasteiger partial charge in [-0.2, -0.15) is 0 Å². The maximum atomic E-state index is 12.5. The second-order valence-corrected chi connectivity index (χ2v) is 5.76. The maximum Gasteiger partial charge on any atom is 0.227 e. The summed E-state index contributed by atoms with van der Waals surface area (Å²) in [7, 11) is 0. The van der Waals surface area contributed by atoms with E-state index < -0.39 is 0 Å². The zero-order valence-electron chi connectivity index (χ0n) is 12.3. The summed E-state index contributed by atoms with van der Waals surface area (Å²) in [6, 6.07) is 9.67. The summed E-state index contributed by atoms with van der Waals surface area (Å²) in [5, 5.41) is 0. The Kier molecular flexibility index (Phi) is 6.50. The molecule has 1 fully saturated rings. The Hall–Kier alpha value is -1.06. The van der Waals surface area contributed by atoms with E-state index in [0.717, 1.165) is 25.1 Å². The fourth-order valence-corrected chi connectivity index (χ4v) is 2.80. The minimum Gasteiger partial charge on any atom is -0.342 e. The van der Waals surface area contributed by atoms with E-state index in [0.29, 0.717) is 5.92 Å². The van der Waals surface area contributed by atoms with E-state index in [-0.39, 0.29) is 30.3 Å². The summed E-state index contributed by atoms with van der Waals surface area (Å²) in [4.78, 5) is 14.5. The third kappa shape index (κ3) is 3.97. The van der Waals surface area contributed by atoms with Gasteiger partial charge in [0.25, 0.3) is 0 Å². The summed E-state index contributed by atoms with van der Waals surface area (Å²) >= 11 is 0. The first-order valence-corrected chi connectivity index (χ1v) is 7.19. The summed E-state index contributed by atoms with van der Waals surface area (Å²) in [5.41, 5.74) is 7.27. The fraction of sp³-hybridized carbons (Fsp3) is 0.562. The van der Waals surface area contributed by atoms with E-state index in [1.807, 2.05) is 42.2 Å². The number of rotatable bonds is 3. The highest BCUT2D eigenvalue weighted by molar-refractivity contribution is 5.85. The Balaban J connectivity index is 0.00000200. The van der Waals surface area contributed by atoms with Crippen molar-refractivity contribution < 1.29 is 4.79 Å². The number of piperidine rings is 1. The predicted molar refractivity (Wildman–Crippen MR) is 84.8 cm³/mol. The van der Waals surface area contributed by atoms with Crippen LogP contribution in [-0.2, 0) is 4.79 Å². The lowest BCUT2D eigenvalue weighted by molar-refractivity contribution is -0.137. The highest BCUT2D eigenvalue weighted by atomic mass is 35.5. The predicted octanol–water partition coefficient (Wildman–Crippen LogP) is 3.00. The summed E-state index contributed by atoms with van der Waals surface area (Å²) in [6.45, 7) is 5.92. The molecule has 1 aliphatic heterocycles. The quantitative estimate of drug-likeness (QED) is 0.932. The van der Waals surface area contributed by atoms with Crippen molar-refractivity contribution in [2.24, 2.45) is 17.6 Å². The van der Waals surface area contributed by atoms with Crippen LogP contribution < -0.4 is 5.73 Å². The highest BCUT2D eigenvalue weighted by Gasteiger charge is 2.28. The molecule has 1 aliphatic rings. The van der Waals surface area contributed by atoms with Crippen LogP contribution in [0.4, 0.5) is 0 Å². The van der Waals surface area contributed by atoms with Gasteiger partial charge in [-0.15, -0.1) is 12.4 Å². The van der Waals surface area contributed by atoms with Crippen LogP contribution in [0, 0.1) is 11.8 Å². The number of nitrogens with zero attached hydrogens (tertiary/aromatic N) is 1. The number of hydrogen-bond donors (Lipinski definition) is 1. The van der Waals surface area contributed by atoms with Gasteiger partial charge in [0.1, 0.15) is 0 Å². The summed E-state index contributed by atoms with van der Waals surface area (Å²) in [6.07, 6.45) is 2.34. The van der Waals surface area contributed by atoms with Crippen LogP contribution >= 0.6 is 12.4 Å². The number of nitrogens with two attached hydrogens (primary N) is 1. The van der Waals surface area contributed by atoms with Crippen molar-refractivity contribution >= 4 is 18.3 Å². The first-order valence-electron chi connectivity index (χ1n) is 7.19. The van der Waals surface area contributed by atoms with Crippen LogP contribution in [0.3, 0.4) is 0 Å². The van der Waals surface area contributed by atoms with Crippen molar-refractivity contribution in [2.45, 2.75) is 32.7 Å². The molecule has 2 N–H and O–H groups in total. The number of hydrogen-bond acceptors (Lipinski definition) is 2. The molecule has 0 spiro atoms. The number of likely N-dealkylation sites (tertiary alicyclic amines) is 1. The van der Waals surface area contributed by atoms with Gasteiger partial charge in [-0.25, -0.2) is 0 Å². The van der Waals surface area contributed by atoms with Gasteiger partial charge in [0.15, 0.2) is 0 Å². The maximum absolute atomic E-state index is 12.5. The van der Waals surface area contributed by atoms with Crippen molar-refractivity contribution in [1.29, 1.82) is 0 Å². The molecule has 0 bridgehead atoms. The van der Waals surface area contributed by atoms with Gasteiger partial charge < -0.3 is 10.6 Å². The largest absolute Gasteiger partial charge is 0.342 e. The molecule has 3 nitrogen and oxygen atoms in total. The van der Waals surface area contributed by atoms with Gasteiger partial charge in [-0.05, 0) is 24.3 Å². The van der Waals surface area contributed by atoms with E-state index in [1.165, 1.54) is 6.42 Å². The lowest BCUT2D eigenvalue weighted by atomic mass is 9.92. The van der Waals surface area contributed by atoms with Crippen molar-refractivity contribution in [1.82, 2.24) is 4.90 Å². The molecule has 20 heavy (non-hydrogen) atoms. The van der Waals surface area contributed by atoms with Crippen LogP contribution in [0.1, 0.15) is 38.3 Å². The molecule has 3 unspecified atom stereocenters. The van der Waals surface area contributed by atoms with Gasteiger partial charge in [0.2, 0.25) is 5.91 Å². The van der Waals surface area contributed by atoms with E-state index in [4.69, 9.17) is 5.73 Å². The molecule has 0 saturated carbocycles. The van der Waals surface area contributed by atoms with Crippen molar-refractivity contribution in [2.75, 3.05) is 13.1 Å². The topological polar surface area (TPSA) is 46.3 Å². The van der Waals surface area contributed by atoms with Crippen molar-refractivity contribution in [3.05, 3.63) is 35.9 Å². The number of carbonyl (C=O) groups excluding carboxylic acids is 1. The van der Waals surface area contributed by atoms with Crippen LogP contribution in [0.2, 0.25) is 0 Å². The Labute approximate surface area is 127 Å². The molecule has 3 atom stereocenters. The third-order valence-electron chi connectivity index (χ3n) is 4.08. The van der Waals surface area contributed by atoms with Gasteiger partial charge in [-0.3, -0.25) is 4.79 Å². The molecule has 1 aromatic rings. The van der Waals surface area contributed by atoms with E-state index in [1.54, 1.807) is 0 Å². The van der Waals surface area contributed by atoms with Crippen LogP contribution in [-0.4, -0.2) is 23.9 Å².